The van der Waals surface area contributed by atoms with Gasteiger partial charge in [-0.05, 0) is 18.6 Å². The molecule has 0 amide bonds. The van der Waals surface area contributed by atoms with Crippen molar-refractivity contribution in [3.8, 4) is 0 Å². The van der Waals surface area contributed by atoms with E-state index in [1.807, 2.05) is 31.2 Å². The van der Waals surface area contributed by atoms with Gasteiger partial charge in [0.1, 0.15) is 5.69 Å². The smallest absolute Gasteiger partial charge is 0.293 e. The number of nitrogens with zero attached hydrogens (tertiary/aromatic N) is 1. The number of rotatable bonds is 4. The summed E-state index contributed by atoms with van der Waals surface area (Å²) in [5.41, 5.74) is 2.45. The fraction of sp³-hybridized carbons (Fsp3) is 0.143. The molecular weight excluding hydrogens is 299 g/mol. The maximum Gasteiger partial charge on any atom is 0.293 e. The van der Waals surface area contributed by atoms with E-state index in [0.29, 0.717) is 12.2 Å². The topological polar surface area (TPSA) is 55.2 Å². The number of hydrogen-bond donors (Lipinski definition) is 1. The molecular formula is C14H12Cl2N2O2. The molecule has 0 bridgehead atoms. The minimum Gasteiger partial charge on any atom is -0.375 e. The first kappa shape index (κ1) is 14.6. The van der Waals surface area contributed by atoms with Crippen LogP contribution in [0.2, 0.25) is 10.0 Å². The van der Waals surface area contributed by atoms with Crippen molar-refractivity contribution in [2.75, 3.05) is 5.32 Å². The summed E-state index contributed by atoms with van der Waals surface area (Å²) >= 11 is 11.7. The summed E-state index contributed by atoms with van der Waals surface area (Å²) in [6.07, 6.45) is 0. The van der Waals surface area contributed by atoms with Crippen LogP contribution in [0.25, 0.3) is 0 Å². The molecule has 2 rings (SSSR count). The van der Waals surface area contributed by atoms with Gasteiger partial charge in [0.05, 0.1) is 15.0 Å². The minimum absolute atomic E-state index is 0.0912. The van der Waals surface area contributed by atoms with E-state index in [4.69, 9.17) is 23.2 Å². The molecule has 0 radical (unpaired) electrons. The fourth-order valence-electron chi connectivity index (χ4n) is 1.73. The molecule has 2 aromatic rings. The van der Waals surface area contributed by atoms with Crippen LogP contribution in [0.4, 0.5) is 11.4 Å². The molecule has 1 N–H and O–H groups in total. The van der Waals surface area contributed by atoms with Crippen molar-refractivity contribution in [1.82, 2.24) is 0 Å². The number of nitrogens with one attached hydrogen (secondary N) is 1. The Morgan fingerprint density at radius 1 is 1.15 bits per heavy atom. The van der Waals surface area contributed by atoms with Crippen LogP contribution in [0.3, 0.4) is 0 Å². The van der Waals surface area contributed by atoms with Gasteiger partial charge < -0.3 is 5.32 Å². The van der Waals surface area contributed by atoms with Crippen molar-refractivity contribution in [2.45, 2.75) is 13.5 Å². The molecule has 0 aliphatic rings. The predicted molar refractivity (Wildman–Crippen MR) is 81.6 cm³/mol. The Labute approximate surface area is 126 Å². The number of hydrogen-bond acceptors (Lipinski definition) is 3. The molecule has 0 heterocycles. The number of nitro benzene ring substituents is 1. The van der Waals surface area contributed by atoms with Crippen LogP contribution in [0.15, 0.2) is 36.4 Å². The van der Waals surface area contributed by atoms with E-state index in [-0.39, 0.29) is 15.7 Å². The number of nitro groups is 1. The highest BCUT2D eigenvalue weighted by Crippen LogP contribution is 2.34. The normalized spacial score (nSPS) is 10.3. The first-order valence-corrected chi connectivity index (χ1v) is 6.66. The van der Waals surface area contributed by atoms with Crippen molar-refractivity contribution in [1.29, 1.82) is 0 Å². The largest absolute Gasteiger partial charge is 0.375 e. The van der Waals surface area contributed by atoms with Crippen LogP contribution < -0.4 is 5.32 Å². The van der Waals surface area contributed by atoms with Gasteiger partial charge in [-0.15, -0.1) is 0 Å². The predicted octanol–water partition coefficient (Wildman–Crippen LogP) is 4.82. The molecule has 0 spiro atoms. The Morgan fingerprint density at radius 3 is 2.35 bits per heavy atom. The minimum atomic E-state index is -0.486. The molecule has 0 aromatic heterocycles. The second kappa shape index (κ2) is 6.11. The van der Waals surface area contributed by atoms with E-state index in [0.717, 1.165) is 11.1 Å². The lowest BCUT2D eigenvalue weighted by Crippen LogP contribution is -2.03. The number of halogens is 2. The third-order valence-electron chi connectivity index (χ3n) is 2.84. The molecule has 20 heavy (non-hydrogen) atoms. The SMILES string of the molecule is Cc1ccc(CNc2cc(Cl)c(Cl)cc2[N+](=O)[O-])cc1. The van der Waals surface area contributed by atoms with Gasteiger partial charge in [0.15, 0.2) is 0 Å². The van der Waals surface area contributed by atoms with Crippen molar-refractivity contribution in [3.05, 3.63) is 67.7 Å². The van der Waals surface area contributed by atoms with Crippen LogP contribution in [-0.4, -0.2) is 4.92 Å². The van der Waals surface area contributed by atoms with Crippen LogP contribution in [0, 0.1) is 17.0 Å². The lowest BCUT2D eigenvalue weighted by Gasteiger charge is -2.09. The monoisotopic (exact) mass is 310 g/mol. The zero-order valence-electron chi connectivity index (χ0n) is 10.7. The zero-order chi connectivity index (χ0) is 14.7. The second-order valence-corrected chi connectivity index (χ2v) is 5.19. The molecule has 0 saturated carbocycles. The third-order valence-corrected chi connectivity index (χ3v) is 3.56. The van der Waals surface area contributed by atoms with E-state index in [1.54, 1.807) is 0 Å². The van der Waals surface area contributed by atoms with Gasteiger partial charge in [-0.25, -0.2) is 0 Å². The third kappa shape index (κ3) is 3.40. The summed E-state index contributed by atoms with van der Waals surface area (Å²) < 4.78 is 0. The number of anilines is 1. The molecule has 2 aromatic carbocycles. The lowest BCUT2D eigenvalue weighted by atomic mass is 10.1. The van der Waals surface area contributed by atoms with E-state index in [2.05, 4.69) is 5.32 Å². The van der Waals surface area contributed by atoms with Gasteiger partial charge in [-0.2, -0.15) is 0 Å². The molecule has 4 nitrogen and oxygen atoms in total. The first-order valence-electron chi connectivity index (χ1n) is 5.90. The Bertz CT molecular complexity index is 642. The van der Waals surface area contributed by atoms with E-state index < -0.39 is 4.92 Å². The second-order valence-electron chi connectivity index (χ2n) is 4.38. The first-order chi connectivity index (χ1) is 9.47. The lowest BCUT2D eigenvalue weighted by molar-refractivity contribution is -0.383. The average molecular weight is 311 g/mol. The Kier molecular flexibility index (Phi) is 4.47. The molecule has 0 aliphatic carbocycles. The van der Waals surface area contributed by atoms with Gasteiger partial charge in [-0.1, -0.05) is 53.0 Å². The Morgan fingerprint density at radius 2 is 1.75 bits per heavy atom. The van der Waals surface area contributed by atoms with E-state index in [9.17, 15) is 10.1 Å². The Balaban J connectivity index is 2.22. The van der Waals surface area contributed by atoms with Gasteiger partial charge >= 0.3 is 0 Å². The molecule has 104 valence electrons. The van der Waals surface area contributed by atoms with E-state index >= 15 is 0 Å². The standard InChI is InChI=1S/C14H12Cl2N2O2/c1-9-2-4-10(5-3-9)8-17-13-6-11(15)12(16)7-14(13)18(19)20/h2-7,17H,8H2,1H3. The molecule has 0 fully saturated rings. The highest BCUT2D eigenvalue weighted by atomic mass is 35.5. The van der Waals surface area contributed by atoms with Crippen LogP contribution >= 0.6 is 23.2 Å². The number of aryl methyl sites for hydroxylation is 1. The summed E-state index contributed by atoms with van der Waals surface area (Å²) in [4.78, 5) is 10.5. The van der Waals surface area contributed by atoms with Gasteiger partial charge in [-0.3, -0.25) is 10.1 Å². The highest BCUT2D eigenvalue weighted by molar-refractivity contribution is 6.42. The maximum atomic E-state index is 11.0. The summed E-state index contributed by atoms with van der Waals surface area (Å²) in [7, 11) is 0. The van der Waals surface area contributed by atoms with Crippen molar-refractivity contribution < 1.29 is 4.92 Å². The van der Waals surface area contributed by atoms with Crippen molar-refractivity contribution >= 4 is 34.6 Å². The highest BCUT2D eigenvalue weighted by Gasteiger charge is 2.16. The van der Waals surface area contributed by atoms with Gasteiger partial charge in [0, 0.05) is 12.6 Å². The van der Waals surface area contributed by atoms with Gasteiger partial charge in [0.25, 0.3) is 5.69 Å². The van der Waals surface area contributed by atoms with Crippen molar-refractivity contribution in [3.63, 3.8) is 0 Å². The van der Waals surface area contributed by atoms with Gasteiger partial charge in [0.2, 0.25) is 0 Å². The summed E-state index contributed by atoms with van der Waals surface area (Å²) in [5, 5.41) is 14.5. The molecule has 0 atom stereocenters. The average Bonchev–Trinajstić information content (AvgIpc) is 2.41. The molecule has 6 heteroatoms. The summed E-state index contributed by atoms with van der Waals surface area (Å²) in [5.74, 6) is 0. The maximum absolute atomic E-state index is 11.0. The Hall–Kier alpha value is -1.78. The van der Waals surface area contributed by atoms with Crippen LogP contribution in [-0.2, 0) is 6.54 Å². The summed E-state index contributed by atoms with van der Waals surface area (Å²) in [6.45, 7) is 2.47. The molecule has 0 aliphatic heterocycles. The molecule has 0 saturated heterocycles. The fourth-order valence-corrected chi connectivity index (χ4v) is 2.05. The van der Waals surface area contributed by atoms with Crippen LogP contribution in [0.1, 0.15) is 11.1 Å². The van der Waals surface area contributed by atoms with Crippen LogP contribution in [0.5, 0.6) is 0 Å². The molecule has 0 unspecified atom stereocenters. The van der Waals surface area contributed by atoms with E-state index in [1.165, 1.54) is 12.1 Å². The quantitative estimate of drug-likeness (QED) is 0.650. The zero-order valence-corrected chi connectivity index (χ0v) is 12.2. The van der Waals surface area contributed by atoms with Crippen molar-refractivity contribution in [2.24, 2.45) is 0 Å². The summed E-state index contributed by atoms with van der Waals surface area (Å²) in [6, 6.07) is 10.6. The number of benzene rings is 2.